The molecule has 2 rings (SSSR count). The molecule has 4 nitrogen and oxygen atoms in total. The van der Waals surface area contributed by atoms with Gasteiger partial charge in [0, 0.05) is 48.9 Å². The fourth-order valence-corrected chi connectivity index (χ4v) is 2.15. The Labute approximate surface area is 114 Å². The number of pyridine rings is 1. The number of hydroxylamine groups is 2. The van der Waals surface area contributed by atoms with Crippen LogP contribution in [0.4, 0.5) is 0 Å². The monoisotopic (exact) mass is 265 g/mol. The van der Waals surface area contributed by atoms with Crippen molar-refractivity contribution in [3.05, 3.63) is 24.0 Å². The second kappa shape index (κ2) is 5.73. The van der Waals surface area contributed by atoms with Crippen molar-refractivity contribution in [1.29, 1.82) is 0 Å². The Kier molecular flexibility index (Phi) is 4.27. The van der Waals surface area contributed by atoms with Gasteiger partial charge >= 0.3 is 0 Å². The van der Waals surface area contributed by atoms with Gasteiger partial charge in [-0.3, -0.25) is 4.98 Å². The van der Waals surface area contributed by atoms with E-state index in [1.54, 1.807) is 12.4 Å². The van der Waals surface area contributed by atoms with Gasteiger partial charge in [0.05, 0.1) is 5.56 Å². The van der Waals surface area contributed by atoms with Crippen LogP contribution in [0, 0.1) is 5.92 Å². The van der Waals surface area contributed by atoms with E-state index in [2.05, 4.69) is 30.9 Å². The van der Waals surface area contributed by atoms with E-state index in [-0.39, 0.29) is 0 Å². The molecule has 0 spiro atoms. The average Bonchev–Trinajstić information content (AvgIpc) is 2.46. The van der Waals surface area contributed by atoms with Crippen molar-refractivity contribution in [1.82, 2.24) is 14.9 Å². The quantitative estimate of drug-likeness (QED) is 0.774. The molecular formula is C13H19N3OS. The standard InChI is InChI=1S/C13H19N3OS/c1-10-9-16(7-6-15(2)3)17-12-4-5-14-8-11(12)13(10)18/h4-5,8,10H,6-7,9H2,1-3H3. The minimum Gasteiger partial charge on any atom is -0.405 e. The van der Waals surface area contributed by atoms with Gasteiger partial charge in [0.1, 0.15) is 0 Å². The number of likely N-dealkylation sites (N-methyl/N-ethyl adjacent to an activating group) is 1. The van der Waals surface area contributed by atoms with Crippen LogP contribution in [0.3, 0.4) is 0 Å². The first kappa shape index (κ1) is 13.4. The lowest BCUT2D eigenvalue weighted by molar-refractivity contribution is -0.0635. The number of thiocarbonyl (C=S) groups is 1. The zero-order valence-electron chi connectivity index (χ0n) is 11.1. The summed E-state index contributed by atoms with van der Waals surface area (Å²) >= 11 is 5.50. The molecule has 18 heavy (non-hydrogen) atoms. The summed E-state index contributed by atoms with van der Waals surface area (Å²) in [6.45, 7) is 4.78. The van der Waals surface area contributed by atoms with E-state index in [1.807, 2.05) is 11.1 Å². The molecule has 1 atom stereocenters. The number of hydrogen-bond donors (Lipinski definition) is 0. The zero-order valence-corrected chi connectivity index (χ0v) is 11.9. The highest BCUT2D eigenvalue weighted by atomic mass is 32.1. The second-order valence-electron chi connectivity index (χ2n) is 4.92. The lowest BCUT2D eigenvalue weighted by Gasteiger charge is -2.23. The summed E-state index contributed by atoms with van der Waals surface area (Å²) in [6.07, 6.45) is 3.53. The van der Waals surface area contributed by atoms with Gasteiger partial charge in [-0.25, -0.2) is 0 Å². The van der Waals surface area contributed by atoms with E-state index < -0.39 is 0 Å². The van der Waals surface area contributed by atoms with Gasteiger partial charge in [-0.2, -0.15) is 0 Å². The number of nitrogens with zero attached hydrogens (tertiary/aromatic N) is 3. The average molecular weight is 265 g/mol. The molecule has 0 bridgehead atoms. The van der Waals surface area contributed by atoms with Crippen molar-refractivity contribution in [3.8, 4) is 5.75 Å². The Hall–Kier alpha value is -1.04. The molecule has 1 aromatic rings. The van der Waals surface area contributed by atoms with Crippen molar-refractivity contribution < 1.29 is 4.84 Å². The van der Waals surface area contributed by atoms with Crippen molar-refractivity contribution in [2.45, 2.75) is 6.92 Å². The summed E-state index contributed by atoms with van der Waals surface area (Å²) in [5, 5.41) is 1.99. The molecule has 0 saturated carbocycles. The van der Waals surface area contributed by atoms with Gasteiger partial charge in [-0.1, -0.05) is 19.1 Å². The molecule has 1 unspecified atom stereocenters. The van der Waals surface area contributed by atoms with Crippen LogP contribution in [0.25, 0.3) is 0 Å². The van der Waals surface area contributed by atoms with Gasteiger partial charge in [0.2, 0.25) is 0 Å². The molecule has 5 heteroatoms. The highest BCUT2D eigenvalue weighted by molar-refractivity contribution is 7.80. The summed E-state index contributed by atoms with van der Waals surface area (Å²) in [4.78, 5) is 13.1. The molecule has 2 heterocycles. The minimum atomic E-state index is 0.299. The smallest absolute Gasteiger partial charge is 0.158 e. The first-order valence-corrected chi connectivity index (χ1v) is 6.54. The Bertz CT molecular complexity index is 436. The van der Waals surface area contributed by atoms with E-state index in [1.165, 1.54) is 0 Å². The summed E-state index contributed by atoms with van der Waals surface area (Å²) in [5.74, 6) is 1.12. The molecule has 1 aliphatic rings. The lowest BCUT2D eigenvalue weighted by atomic mass is 10.0. The maximum atomic E-state index is 5.93. The first-order valence-electron chi connectivity index (χ1n) is 6.14. The van der Waals surface area contributed by atoms with Crippen molar-refractivity contribution in [3.63, 3.8) is 0 Å². The van der Waals surface area contributed by atoms with Gasteiger partial charge in [0.15, 0.2) is 5.75 Å². The molecular weight excluding hydrogens is 246 g/mol. The summed E-state index contributed by atoms with van der Waals surface area (Å²) < 4.78 is 0. The third kappa shape index (κ3) is 3.04. The topological polar surface area (TPSA) is 28.6 Å². The molecule has 98 valence electrons. The van der Waals surface area contributed by atoms with Crippen LogP contribution in [0.2, 0.25) is 0 Å². The van der Waals surface area contributed by atoms with E-state index in [0.29, 0.717) is 5.92 Å². The zero-order chi connectivity index (χ0) is 13.1. The molecule has 0 aliphatic carbocycles. The predicted molar refractivity (Wildman–Crippen MR) is 75.9 cm³/mol. The molecule has 0 amide bonds. The fraction of sp³-hybridized carbons (Fsp3) is 0.538. The van der Waals surface area contributed by atoms with E-state index >= 15 is 0 Å². The Balaban J connectivity index is 2.17. The molecule has 1 aromatic heterocycles. The maximum absolute atomic E-state index is 5.93. The van der Waals surface area contributed by atoms with E-state index in [0.717, 1.165) is 35.8 Å². The van der Waals surface area contributed by atoms with E-state index in [4.69, 9.17) is 17.1 Å². The largest absolute Gasteiger partial charge is 0.405 e. The Morgan fingerprint density at radius 2 is 2.33 bits per heavy atom. The first-order chi connectivity index (χ1) is 8.58. The lowest BCUT2D eigenvalue weighted by Crippen LogP contribution is -2.36. The maximum Gasteiger partial charge on any atom is 0.158 e. The van der Waals surface area contributed by atoms with Gasteiger partial charge in [-0.15, -0.1) is 5.06 Å². The molecule has 0 saturated heterocycles. The summed E-state index contributed by atoms with van der Waals surface area (Å²) in [6, 6.07) is 1.88. The van der Waals surface area contributed by atoms with Crippen molar-refractivity contribution in [2.75, 3.05) is 33.7 Å². The van der Waals surface area contributed by atoms with Crippen LogP contribution in [0.15, 0.2) is 18.5 Å². The van der Waals surface area contributed by atoms with Crippen molar-refractivity contribution in [2.24, 2.45) is 5.92 Å². The predicted octanol–water partition coefficient (Wildman–Crippen LogP) is 1.61. The highest BCUT2D eigenvalue weighted by Gasteiger charge is 2.24. The van der Waals surface area contributed by atoms with Gasteiger partial charge in [-0.05, 0) is 14.1 Å². The molecule has 1 aliphatic heterocycles. The number of fused-ring (bicyclic) bond motifs is 1. The van der Waals surface area contributed by atoms with Crippen LogP contribution in [0.5, 0.6) is 5.75 Å². The number of aromatic nitrogens is 1. The number of rotatable bonds is 3. The van der Waals surface area contributed by atoms with Crippen LogP contribution in [0.1, 0.15) is 12.5 Å². The van der Waals surface area contributed by atoms with Gasteiger partial charge in [0.25, 0.3) is 0 Å². The second-order valence-corrected chi connectivity index (χ2v) is 5.36. The SMILES string of the molecule is CC1CN(CCN(C)C)Oc2ccncc2C1=S. The summed E-state index contributed by atoms with van der Waals surface area (Å²) in [7, 11) is 4.12. The minimum absolute atomic E-state index is 0.299. The third-order valence-corrected chi connectivity index (χ3v) is 3.62. The fourth-order valence-electron chi connectivity index (χ4n) is 1.92. The molecule has 0 radical (unpaired) electrons. The molecule has 0 N–H and O–H groups in total. The van der Waals surface area contributed by atoms with E-state index in [9.17, 15) is 0 Å². The van der Waals surface area contributed by atoms with Gasteiger partial charge < -0.3 is 9.74 Å². The Morgan fingerprint density at radius 3 is 3.06 bits per heavy atom. The van der Waals surface area contributed by atoms with Crippen LogP contribution in [-0.4, -0.2) is 53.5 Å². The van der Waals surface area contributed by atoms with Crippen LogP contribution in [-0.2, 0) is 0 Å². The molecule has 0 fully saturated rings. The Morgan fingerprint density at radius 1 is 1.56 bits per heavy atom. The van der Waals surface area contributed by atoms with Crippen molar-refractivity contribution >= 4 is 17.1 Å². The normalized spacial score (nSPS) is 20.4. The summed E-state index contributed by atoms with van der Waals surface area (Å²) in [5.41, 5.74) is 0.951. The van der Waals surface area contributed by atoms with Crippen LogP contribution >= 0.6 is 12.2 Å². The highest BCUT2D eigenvalue weighted by Crippen LogP contribution is 2.26. The van der Waals surface area contributed by atoms with Crippen LogP contribution < -0.4 is 4.84 Å². The third-order valence-electron chi connectivity index (χ3n) is 3.00. The number of hydrogen-bond acceptors (Lipinski definition) is 5. The molecule has 0 aromatic carbocycles.